The first-order valence-electron chi connectivity index (χ1n) is 6.41. The number of aryl methyl sites for hydroxylation is 1. The van der Waals surface area contributed by atoms with Crippen molar-refractivity contribution < 1.29 is 4.92 Å². The van der Waals surface area contributed by atoms with Crippen LogP contribution in [0.2, 0.25) is 0 Å². The molecule has 0 aliphatic rings. The molecule has 0 spiro atoms. The molecule has 0 saturated carbocycles. The van der Waals surface area contributed by atoms with Gasteiger partial charge in [-0.1, -0.05) is 11.3 Å². The van der Waals surface area contributed by atoms with Crippen LogP contribution in [0.25, 0.3) is 0 Å². The molecule has 6 nitrogen and oxygen atoms in total. The van der Waals surface area contributed by atoms with Crippen LogP contribution in [0.3, 0.4) is 0 Å². The lowest BCUT2D eigenvalue weighted by atomic mass is 10.2. The molecule has 0 radical (unpaired) electrons. The fourth-order valence-corrected chi connectivity index (χ4v) is 2.89. The van der Waals surface area contributed by atoms with Crippen LogP contribution in [-0.2, 0) is 6.54 Å². The molecule has 0 aliphatic heterocycles. The first-order valence-corrected chi connectivity index (χ1v) is 7.29. The van der Waals surface area contributed by atoms with E-state index in [0.717, 1.165) is 34.0 Å². The standard InChI is InChI=1S/C13H18N4O2S/c1-8(2)16-10(4)13(9(3)15-16)14-6-11-5-12(17(18)19)20-7-11/h5,7-8,14H,6H2,1-4H3. The van der Waals surface area contributed by atoms with Crippen molar-refractivity contribution in [3.63, 3.8) is 0 Å². The summed E-state index contributed by atoms with van der Waals surface area (Å²) in [5, 5.41) is 20.5. The smallest absolute Gasteiger partial charge is 0.324 e. The maximum atomic E-state index is 10.7. The number of nitrogens with one attached hydrogen (secondary N) is 1. The van der Waals surface area contributed by atoms with Crippen molar-refractivity contribution in [3.05, 3.63) is 38.5 Å². The van der Waals surface area contributed by atoms with Crippen molar-refractivity contribution in [1.29, 1.82) is 0 Å². The Kier molecular flexibility index (Phi) is 4.08. The minimum atomic E-state index is -0.360. The first kappa shape index (κ1) is 14.5. The number of aromatic nitrogens is 2. The van der Waals surface area contributed by atoms with Gasteiger partial charge in [0.25, 0.3) is 0 Å². The van der Waals surface area contributed by atoms with Crippen LogP contribution >= 0.6 is 11.3 Å². The Hall–Kier alpha value is -1.89. The van der Waals surface area contributed by atoms with Gasteiger partial charge in [-0.15, -0.1) is 0 Å². The van der Waals surface area contributed by atoms with Crippen molar-refractivity contribution in [2.24, 2.45) is 0 Å². The summed E-state index contributed by atoms with van der Waals surface area (Å²) in [6.07, 6.45) is 0. The normalized spacial score (nSPS) is 11.1. The Morgan fingerprint density at radius 2 is 2.20 bits per heavy atom. The highest BCUT2D eigenvalue weighted by atomic mass is 32.1. The van der Waals surface area contributed by atoms with Crippen LogP contribution in [-0.4, -0.2) is 14.7 Å². The molecule has 1 N–H and O–H groups in total. The van der Waals surface area contributed by atoms with E-state index in [1.54, 1.807) is 6.07 Å². The highest BCUT2D eigenvalue weighted by Gasteiger charge is 2.14. The maximum Gasteiger partial charge on any atom is 0.324 e. The van der Waals surface area contributed by atoms with Crippen LogP contribution in [0.5, 0.6) is 0 Å². The maximum absolute atomic E-state index is 10.7. The fraction of sp³-hybridized carbons (Fsp3) is 0.462. The quantitative estimate of drug-likeness (QED) is 0.674. The van der Waals surface area contributed by atoms with E-state index in [4.69, 9.17) is 0 Å². The van der Waals surface area contributed by atoms with Crippen LogP contribution in [0.4, 0.5) is 10.7 Å². The summed E-state index contributed by atoms with van der Waals surface area (Å²) < 4.78 is 1.98. The highest BCUT2D eigenvalue weighted by Crippen LogP contribution is 2.26. The van der Waals surface area contributed by atoms with Gasteiger partial charge in [0.1, 0.15) is 0 Å². The summed E-state index contributed by atoms with van der Waals surface area (Å²) in [5.41, 5.74) is 3.95. The van der Waals surface area contributed by atoms with E-state index in [-0.39, 0.29) is 9.92 Å². The number of hydrogen-bond acceptors (Lipinski definition) is 5. The monoisotopic (exact) mass is 294 g/mol. The summed E-state index contributed by atoms with van der Waals surface area (Å²) in [4.78, 5) is 10.3. The molecule has 2 aromatic rings. The van der Waals surface area contributed by atoms with E-state index in [1.165, 1.54) is 0 Å². The Balaban J connectivity index is 2.12. The van der Waals surface area contributed by atoms with E-state index in [1.807, 2.05) is 23.9 Å². The van der Waals surface area contributed by atoms with Gasteiger partial charge in [-0.2, -0.15) is 5.10 Å². The molecule has 0 amide bonds. The SMILES string of the molecule is Cc1nn(C(C)C)c(C)c1NCc1csc([N+](=O)[O-])c1. The molecule has 108 valence electrons. The van der Waals surface area contributed by atoms with Gasteiger partial charge in [-0.25, -0.2) is 0 Å². The van der Waals surface area contributed by atoms with Crippen molar-refractivity contribution in [2.75, 3.05) is 5.32 Å². The second kappa shape index (κ2) is 5.62. The van der Waals surface area contributed by atoms with Gasteiger partial charge in [0.2, 0.25) is 0 Å². The third-order valence-corrected chi connectivity index (χ3v) is 4.03. The van der Waals surface area contributed by atoms with Crippen molar-refractivity contribution in [2.45, 2.75) is 40.3 Å². The largest absolute Gasteiger partial charge is 0.378 e. The van der Waals surface area contributed by atoms with Crippen molar-refractivity contribution in [1.82, 2.24) is 9.78 Å². The lowest BCUT2D eigenvalue weighted by Crippen LogP contribution is -2.06. The predicted octanol–water partition coefficient (Wildman–Crippen LogP) is 3.66. The molecule has 0 aromatic carbocycles. The lowest BCUT2D eigenvalue weighted by molar-refractivity contribution is -0.380. The Morgan fingerprint density at radius 3 is 2.70 bits per heavy atom. The van der Waals surface area contributed by atoms with Gasteiger partial charge >= 0.3 is 5.00 Å². The molecule has 2 aromatic heterocycles. The van der Waals surface area contributed by atoms with Crippen LogP contribution < -0.4 is 5.32 Å². The number of nitro groups is 1. The van der Waals surface area contributed by atoms with E-state index < -0.39 is 0 Å². The van der Waals surface area contributed by atoms with Crippen LogP contribution in [0.1, 0.15) is 36.8 Å². The molecular formula is C13H18N4O2S. The van der Waals surface area contributed by atoms with Gasteiger partial charge in [0, 0.05) is 24.0 Å². The lowest BCUT2D eigenvalue weighted by Gasteiger charge is -2.09. The number of hydrogen-bond donors (Lipinski definition) is 1. The third kappa shape index (κ3) is 2.82. The molecule has 0 fully saturated rings. The fourth-order valence-electron chi connectivity index (χ4n) is 2.16. The van der Waals surface area contributed by atoms with Crippen LogP contribution in [0.15, 0.2) is 11.4 Å². The molecular weight excluding hydrogens is 276 g/mol. The van der Waals surface area contributed by atoms with Crippen molar-refractivity contribution >= 4 is 22.0 Å². The zero-order valence-electron chi connectivity index (χ0n) is 12.0. The zero-order valence-corrected chi connectivity index (χ0v) is 12.8. The van der Waals surface area contributed by atoms with E-state index in [0.29, 0.717) is 12.6 Å². The van der Waals surface area contributed by atoms with Gasteiger partial charge in [0.15, 0.2) is 0 Å². The summed E-state index contributed by atoms with van der Waals surface area (Å²) in [6, 6.07) is 1.92. The van der Waals surface area contributed by atoms with E-state index in [2.05, 4.69) is 24.3 Å². The average molecular weight is 294 g/mol. The molecule has 7 heteroatoms. The molecule has 20 heavy (non-hydrogen) atoms. The zero-order chi connectivity index (χ0) is 14.9. The Morgan fingerprint density at radius 1 is 1.50 bits per heavy atom. The first-order chi connectivity index (χ1) is 9.40. The molecule has 2 rings (SSSR count). The summed E-state index contributed by atoms with van der Waals surface area (Å²) >= 11 is 1.15. The molecule has 0 saturated heterocycles. The number of thiophene rings is 1. The van der Waals surface area contributed by atoms with Crippen molar-refractivity contribution in [3.8, 4) is 0 Å². The topological polar surface area (TPSA) is 73.0 Å². The molecule has 0 aliphatic carbocycles. The number of rotatable bonds is 5. The highest BCUT2D eigenvalue weighted by molar-refractivity contribution is 7.13. The van der Waals surface area contributed by atoms with Gasteiger partial charge in [0.05, 0.1) is 22.0 Å². The molecule has 0 unspecified atom stereocenters. The van der Waals surface area contributed by atoms with E-state index >= 15 is 0 Å². The minimum Gasteiger partial charge on any atom is -0.378 e. The second-order valence-electron chi connectivity index (χ2n) is 4.99. The summed E-state index contributed by atoms with van der Waals surface area (Å²) in [6.45, 7) is 8.73. The number of nitrogens with zero attached hydrogens (tertiary/aromatic N) is 3. The average Bonchev–Trinajstić information content (AvgIpc) is 2.93. The van der Waals surface area contributed by atoms with E-state index in [9.17, 15) is 10.1 Å². The Bertz CT molecular complexity index is 630. The number of anilines is 1. The summed E-state index contributed by atoms with van der Waals surface area (Å²) in [5.74, 6) is 0. The van der Waals surface area contributed by atoms with Gasteiger partial charge < -0.3 is 5.32 Å². The molecule has 0 atom stereocenters. The molecule has 2 heterocycles. The van der Waals surface area contributed by atoms with Crippen LogP contribution in [0, 0.1) is 24.0 Å². The predicted molar refractivity (Wildman–Crippen MR) is 80.4 cm³/mol. The second-order valence-corrected chi connectivity index (χ2v) is 5.88. The molecule has 0 bridgehead atoms. The van der Waals surface area contributed by atoms with Gasteiger partial charge in [-0.05, 0) is 33.3 Å². The van der Waals surface area contributed by atoms with Gasteiger partial charge in [-0.3, -0.25) is 14.8 Å². The summed E-state index contributed by atoms with van der Waals surface area (Å²) in [7, 11) is 0. The third-order valence-electron chi connectivity index (χ3n) is 3.10. The Labute approximate surface area is 121 Å². The minimum absolute atomic E-state index is 0.174.